The fourth-order valence-corrected chi connectivity index (χ4v) is 6.33. The molecule has 2 fully saturated rings. The van der Waals surface area contributed by atoms with Gasteiger partial charge in [-0.05, 0) is 69.1 Å². The van der Waals surface area contributed by atoms with Crippen molar-refractivity contribution in [3.63, 3.8) is 0 Å². The number of nitrogens with two attached hydrogens (primary N) is 1. The van der Waals surface area contributed by atoms with E-state index in [9.17, 15) is 14.3 Å². The average Bonchev–Trinajstić information content (AvgIpc) is 3.57. The van der Waals surface area contributed by atoms with E-state index in [1.165, 1.54) is 18.2 Å². The number of hydrogen-bond acceptors (Lipinski definition) is 5. The number of fused-ring (bicyclic) bond motifs is 1. The molecule has 1 aromatic carbocycles. The van der Waals surface area contributed by atoms with Crippen molar-refractivity contribution in [2.75, 3.05) is 11.1 Å². The minimum absolute atomic E-state index is 0.0504. The monoisotopic (exact) mass is 514 g/mol. The van der Waals surface area contributed by atoms with Crippen LogP contribution in [-0.4, -0.2) is 30.3 Å². The van der Waals surface area contributed by atoms with Gasteiger partial charge in [0.15, 0.2) is 0 Å². The Balaban J connectivity index is 1.33. The van der Waals surface area contributed by atoms with Crippen molar-refractivity contribution in [1.29, 1.82) is 0 Å². The number of rotatable bonds is 6. The first-order valence-electron chi connectivity index (χ1n) is 12.4. The molecule has 1 amide bonds. The predicted molar refractivity (Wildman–Crippen MR) is 136 cm³/mol. The fraction of sp³-hybridized carbons (Fsp3) is 0.500. The number of amides is 1. The molecule has 0 saturated heterocycles. The lowest BCUT2D eigenvalue weighted by molar-refractivity contribution is 0.0238. The largest absolute Gasteiger partial charge is 0.384 e. The van der Waals surface area contributed by atoms with Gasteiger partial charge in [-0.25, -0.2) is 9.37 Å². The highest BCUT2D eigenvalue weighted by Crippen LogP contribution is 2.57. The third-order valence-corrected chi connectivity index (χ3v) is 8.31. The molecule has 2 aromatic heterocycles. The molecule has 0 radical (unpaired) electrons. The Hall–Kier alpha value is -2.91. The molecular weight excluding hydrogens is 483 g/mol. The van der Waals surface area contributed by atoms with Crippen molar-refractivity contribution < 1.29 is 14.3 Å². The van der Waals surface area contributed by atoms with Gasteiger partial charge in [-0.2, -0.15) is 5.10 Å². The molecule has 4 N–H and O–H groups in total. The maximum atomic E-state index is 13.5. The van der Waals surface area contributed by atoms with Crippen LogP contribution in [0.5, 0.6) is 0 Å². The lowest BCUT2D eigenvalue weighted by Gasteiger charge is -2.27. The zero-order chi connectivity index (χ0) is 25.8. The van der Waals surface area contributed by atoms with E-state index in [2.05, 4.69) is 29.2 Å². The highest BCUT2D eigenvalue weighted by atomic mass is 35.5. The summed E-state index contributed by atoms with van der Waals surface area (Å²) in [4.78, 5) is 17.8. The van der Waals surface area contributed by atoms with Crippen molar-refractivity contribution in [2.24, 2.45) is 18.9 Å². The molecule has 3 unspecified atom stereocenters. The van der Waals surface area contributed by atoms with Gasteiger partial charge in [-0.15, -0.1) is 0 Å². The molecule has 2 saturated carbocycles. The summed E-state index contributed by atoms with van der Waals surface area (Å²) in [5, 5.41) is 18.9. The second-order valence-electron chi connectivity index (χ2n) is 10.5. The van der Waals surface area contributed by atoms with E-state index in [-0.39, 0.29) is 22.9 Å². The molecule has 8 nitrogen and oxygen atoms in total. The minimum Gasteiger partial charge on any atom is -0.384 e. The van der Waals surface area contributed by atoms with Gasteiger partial charge in [0.25, 0.3) is 5.91 Å². The summed E-state index contributed by atoms with van der Waals surface area (Å²) in [5.41, 5.74) is 7.52. The average molecular weight is 515 g/mol. The molecule has 3 atom stereocenters. The van der Waals surface area contributed by atoms with Crippen LogP contribution < -0.4 is 11.1 Å². The van der Waals surface area contributed by atoms with E-state index in [1.807, 2.05) is 10.7 Å². The van der Waals surface area contributed by atoms with E-state index in [4.69, 9.17) is 17.3 Å². The Bertz CT molecular complexity index is 1290. The second-order valence-corrected chi connectivity index (χ2v) is 10.9. The van der Waals surface area contributed by atoms with Gasteiger partial charge in [0.2, 0.25) is 0 Å². The summed E-state index contributed by atoms with van der Waals surface area (Å²) >= 11 is 5.87. The zero-order valence-corrected chi connectivity index (χ0v) is 21.5. The van der Waals surface area contributed by atoms with Crippen molar-refractivity contribution in [1.82, 2.24) is 19.3 Å². The maximum absolute atomic E-state index is 13.5. The number of hydrogen-bond donors (Lipinski definition) is 3. The summed E-state index contributed by atoms with van der Waals surface area (Å²) in [7, 11) is 1.79. The molecule has 36 heavy (non-hydrogen) atoms. The Morgan fingerprint density at radius 1 is 1.33 bits per heavy atom. The summed E-state index contributed by atoms with van der Waals surface area (Å²) in [6, 6.07) is 6.06. The second kappa shape index (κ2) is 9.19. The van der Waals surface area contributed by atoms with Crippen LogP contribution in [0.4, 0.5) is 15.9 Å². The van der Waals surface area contributed by atoms with Crippen molar-refractivity contribution in [3.05, 3.63) is 58.5 Å². The number of nitrogens with zero attached hydrogens (tertiary/aromatic N) is 4. The van der Waals surface area contributed by atoms with Gasteiger partial charge in [-0.3, -0.25) is 9.48 Å². The number of anilines is 2. The molecule has 0 aliphatic heterocycles. The molecule has 2 aliphatic carbocycles. The first-order valence-corrected chi connectivity index (χ1v) is 12.8. The van der Waals surface area contributed by atoms with Crippen LogP contribution in [0.3, 0.4) is 0 Å². The number of halogens is 2. The number of carbonyl (C=O) groups excluding carboxylic acids is 1. The number of nitrogens with one attached hydrogen (secondary N) is 1. The van der Waals surface area contributed by atoms with Crippen LogP contribution in [0.1, 0.15) is 79.8 Å². The van der Waals surface area contributed by atoms with Gasteiger partial charge in [-0.1, -0.05) is 18.5 Å². The number of aliphatic hydroxyl groups is 1. The molecule has 2 aliphatic rings. The standard InChI is InChI=1S/C26H32ClFN6O2/c1-4-14(2)34-21(10-22(29)32-34)26(36)11-16-7-15(8-17(16)12-26)23-24(33(3)13-30-23)25(35)31-18-5-6-20(28)19(27)9-18/h5-6,9-10,13-17,36H,4,7-8,11-12H2,1-3H3,(H2,29,32)(H,31,35). The fourth-order valence-electron chi connectivity index (χ4n) is 6.15. The molecular formula is C26H32ClFN6O2. The molecule has 0 bridgehead atoms. The van der Waals surface area contributed by atoms with Gasteiger partial charge in [0.1, 0.15) is 22.9 Å². The Labute approximate surface area is 214 Å². The Morgan fingerprint density at radius 2 is 2.03 bits per heavy atom. The number of aryl methyl sites for hydroxylation is 1. The van der Waals surface area contributed by atoms with Gasteiger partial charge in [0, 0.05) is 30.8 Å². The topological polar surface area (TPSA) is 111 Å². The third-order valence-electron chi connectivity index (χ3n) is 8.03. The van der Waals surface area contributed by atoms with Crippen LogP contribution in [0, 0.1) is 17.7 Å². The highest BCUT2D eigenvalue weighted by molar-refractivity contribution is 6.31. The van der Waals surface area contributed by atoms with Gasteiger partial charge < -0.3 is 20.7 Å². The van der Waals surface area contributed by atoms with Gasteiger partial charge >= 0.3 is 0 Å². The first kappa shape index (κ1) is 24.8. The summed E-state index contributed by atoms with van der Waals surface area (Å²) in [6.07, 6.45) is 5.52. The van der Waals surface area contributed by atoms with E-state index in [1.54, 1.807) is 17.9 Å². The number of carbonyl (C=O) groups is 1. The number of nitrogen functional groups attached to an aromatic ring is 1. The highest BCUT2D eigenvalue weighted by Gasteiger charge is 2.52. The predicted octanol–water partition coefficient (Wildman–Crippen LogP) is 5.01. The smallest absolute Gasteiger partial charge is 0.274 e. The number of imidazole rings is 1. The quantitative estimate of drug-likeness (QED) is 0.428. The molecule has 10 heteroatoms. The van der Waals surface area contributed by atoms with Crippen LogP contribution in [0.2, 0.25) is 5.02 Å². The maximum Gasteiger partial charge on any atom is 0.274 e. The van der Waals surface area contributed by atoms with E-state index in [0.29, 0.717) is 41.9 Å². The van der Waals surface area contributed by atoms with Crippen LogP contribution in [0.15, 0.2) is 30.6 Å². The molecule has 0 spiro atoms. The van der Waals surface area contributed by atoms with Gasteiger partial charge in [0.05, 0.1) is 22.7 Å². The lowest BCUT2D eigenvalue weighted by atomic mass is 9.89. The van der Waals surface area contributed by atoms with Crippen molar-refractivity contribution in [3.8, 4) is 0 Å². The number of benzene rings is 1. The van der Waals surface area contributed by atoms with E-state index >= 15 is 0 Å². The third kappa shape index (κ3) is 4.28. The van der Waals surface area contributed by atoms with Crippen molar-refractivity contribution in [2.45, 2.75) is 63.5 Å². The Kier molecular flexibility index (Phi) is 6.32. The number of aromatic nitrogens is 4. The summed E-state index contributed by atoms with van der Waals surface area (Å²) < 4.78 is 17.1. The van der Waals surface area contributed by atoms with Crippen LogP contribution in [0.25, 0.3) is 0 Å². The van der Waals surface area contributed by atoms with Crippen LogP contribution in [-0.2, 0) is 12.6 Å². The summed E-state index contributed by atoms with van der Waals surface area (Å²) in [5.74, 6) is 0.330. The van der Waals surface area contributed by atoms with E-state index < -0.39 is 11.4 Å². The molecule has 3 aromatic rings. The van der Waals surface area contributed by atoms with E-state index in [0.717, 1.165) is 30.7 Å². The molecule has 2 heterocycles. The zero-order valence-electron chi connectivity index (χ0n) is 20.7. The molecule has 192 valence electrons. The van der Waals surface area contributed by atoms with Crippen LogP contribution >= 0.6 is 11.6 Å². The van der Waals surface area contributed by atoms with Crippen molar-refractivity contribution >= 4 is 29.0 Å². The normalized spacial score (nSPS) is 26.2. The summed E-state index contributed by atoms with van der Waals surface area (Å²) in [6.45, 7) is 4.17. The SMILES string of the molecule is CCC(C)n1nc(N)cc1C1(O)CC2CC(c3ncn(C)c3C(=O)Nc3ccc(F)c(Cl)c3)CC2C1. The minimum atomic E-state index is -0.958. The lowest BCUT2D eigenvalue weighted by Crippen LogP contribution is -2.28. The first-order chi connectivity index (χ1) is 17.1. The molecule has 5 rings (SSSR count). The Morgan fingerprint density at radius 3 is 2.67 bits per heavy atom.